The zero-order valence-electron chi connectivity index (χ0n) is 30.2. The summed E-state index contributed by atoms with van der Waals surface area (Å²) in [7, 11) is -4.86. The van der Waals surface area contributed by atoms with E-state index in [0.29, 0.717) is 11.5 Å². The standard InChI is InChI=1S/C16H28N4O9S.C16H36N/c1-10(19(15(23)24)16(2,3)4)7-8-28-17-13(21)12-6-5-11-9-18(12)14(22)20(11)29-30(25,26)27;1-5-9-13-17(14-10-6-2,15-11-7-3)16-12-8-4/h10-12H,5-9H2,1-4H3,(H,17,21)(H,23,24)(H,25,26,27);5-16H2,1-4H3/q;+1/p-1/t10?,11-,12+;/m1./s1. The summed E-state index contributed by atoms with van der Waals surface area (Å²) in [5.74, 6) is -0.601. The van der Waals surface area contributed by atoms with Gasteiger partial charge in [-0.25, -0.2) is 10.3 Å². The number of nitrogens with one attached hydrogen (secondary N) is 1. The van der Waals surface area contributed by atoms with Crippen LogP contribution >= 0.6 is 0 Å². The van der Waals surface area contributed by atoms with Gasteiger partial charge in [-0.15, -0.1) is 4.28 Å². The van der Waals surface area contributed by atoms with Crippen molar-refractivity contribution in [2.75, 3.05) is 39.3 Å². The second kappa shape index (κ2) is 20.3. The van der Waals surface area contributed by atoms with E-state index in [4.69, 9.17) is 9.39 Å². The van der Waals surface area contributed by atoms with Gasteiger partial charge in [0.1, 0.15) is 12.1 Å². The molecule has 2 heterocycles. The zero-order valence-corrected chi connectivity index (χ0v) is 31.0. The lowest BCUT2D eigenvalue weighted by atomic mass is 10.0. The van der Waals surface area contributed by atoms with E-state index < -0.39 is 52.1 Å². The topological polar surface area (TPSA) is 169 Å². The molecule has 2 bridgehead atoms. The first-order chi connectivity index (χ1) is 22.0. The number of hydroxylamine groups is 3. The Kier molecular flexibility index (Phi) is 18.5. The fraction of sp³-hybridized carbons (Fsp3) is 0.906. The minimum atomic E-state index is -4.86. The summed E-state index contributed by atoms with van der Waals surface area (Å²) < 4.78 is 36.3. The molecule has 2 rings (SSSR count). The number of nitrogens with zero attached hydrogens (tertiary/aromatic N) is 4. The molecule has 3 atom stereocenters. The predicted octanol–water partition coefficient (Wildman–Crippen LogP) is 4.26. The van der Waals surface area contributed by atoms with Crippen LogP contribution < -0.4 is 10.6 Å². The van der Waals surface area contributed by atoms with Gasteiger partial charge >= 0.3 is 16.4 Å². The lowest BCUT2D eigenvalue weighted by molar-refractivity contribution is -0.929. The smallest absolute Gasteiger partial charge is 0.418 e. The highest BCUT2D eigenvalue weighted by atomic mass is 32.3. The third-order valence-corrected chi connectivity index (χ3v) is 9.26. The molecule has 2 aliphatic heterocycles. The molecule has 2 fully saturated rings. The molecule has 2 saturated heterocycles. The van der Waals surface area contributed by atoms with Crippen molar-refractivity contribution in [1.29, 1.82) is 0 Å². The van der Waals surface area contributed by atoms with Crippen molar-refractivity contribution in [1.82, 2.24) is 20.3 Å². The highest BCUT2D eigenvalue weighted by Crippen LogP contribution is 2.30. The summed E-state index contributed by atoms with van der Waals surface area (Å²) in [6.45, 7) is 22.0. The summed E-state index contributed by atoms with van der Waals surface area (Å²) in [4.78, 5) is 43.5. The van der Waals surface area contributed by atoms with E-state index >= 15 is 0 Å². The normalized spacial score (nSPS) is 18.9. The molecule has 0 aromatic rings. The SMILES string of the molecule is CC(CCONC(=O)[C@@H]1CC[C@@H]2CN1C(=O)N2OS(=O)(=O)O)N(C(=O)[O-])C(C)(C)C.CCCC[N+](CCCC)(CCCC)CCCC. The molecule has 0 aliphatic carbocycles. The summed E-state index contributed by atoms with van der Waals surface area (Å²) in [6.07, 6.45) is 10.6. The van der Waals surface area contributed by atoms with E-state index in [1.807, 2.05) is 0 Å². The van der Waals surface area contributed by atoms with E-state index in [1.54, 1.807) is 27.7 Å². The number of carbonyl (C=O) groups is 3. The van der Waals surface area contributed by atoms with Crippen molar-refractivity contribution in [3.63, 3.8) is 0 Å². The number of urea groups is 1. The number of quaternary nitrogens is 1. The highest BCUT2D eigenvalue weighted by Gasteiger charge is 2.49. The average Bonchev–Trinajstić information content (AvgIpc) is 3.21. The number of amides is 4. The molecule has 0 radical (unpaired) electrons. The van der Waals surface area contributed by atoms with Crippen LogP contribution in [0, 0.1) is 0 Å². The van der Waals surface area contributed by atoms with Crippen molar-refractivity contribution in [2.45, 2.75) is 150 Å². The number of carbonyl (C=O) groups excluding carboxylic acids is 3. The molecule has 1 unspecified atom stereocenters. The number of unbranched alkanes of at least 4 members (excludes halogenated alkanes) is 4. The molecule has 2 N–H and O–H groups in total. The van der Waals surface area contributed by atoms with Gasteiger partial charge in [0.25, 0.3) is 5.91 Å². The molecule has 2 aliphatic rings. The fourth-order valence-corrected chi connectivity index (χ4v) is 6.80. The number of rotatable bonds is 20. The van der Waals surface area contributed by atoms with E-state index in [0.717, 1.165) is 4.90 Å². The van der Waals surface area contributed by atoms with Crippen molar-refractivity contribution >= 4 is 28.4 Å². The summed E-state index contributed by atoms with van der Waals surface area (Å²) in [6, 6.07) is -2.76. The van der Waals surface area contributed by atoms with E-state index in [-0.39, 0.29) is 26.0 Å². The van der Waals surface area contributed by atoms with Crippen molar-refractivity contribution in [2.24, 2.45) is 0 Å². The number of hydrogen-bond acceptors (Lipinski definition) is 8. The lowest BCUT2D eigenvalue weighted by Crippen LogP contribution is -2.56. The quantitative estimate of drug-likeness (QED) is 0.0819. The molecular weight excluding hydrogens is 630 g/mol. The maximum absolute atomic E-state index is 12.4. The monoisotopic (exact) mass is 693 g/mol. The minimum Gasteiger partial charge on any atom is -0.530 e. The van der Waals surface area contributed by atoms with Gasteiger partial charge in [-0.2, -0.15) is 13.5 Å². The first-order valence-electron chi connectivity index (χ1n) is 17.5. The molecule has 14 nitrogen and oxygen atoms in total. The van der Waals surface area contributed by atoms with Gasteiger partial charge in [-0.05, 0) is 72.6 Å². The van der Waals surface area contributed by atoms with Crippen LogP contribution in [0.15, 0.2) is 0 Å². The summed E-state index contributed by atoms with van der Waals surface area (Å²) in [5, 5.41) is 11.9. The molecular formula is C32H63N5O9S. The molecule has 0 spiro atoms. The molecule has 0 saturated carbocycles. The van der Waals surface area contributed by atoms with E-state index in [9.17, 15) is 27.9 Å². The van der Waals surface area contributed by atoms with Crippen LogP contribution in [0.1, 0.15) is 126 Å². The summed E-state index contributed by atoms with van der Waals surface area (Å²) >= 11 is 0. The van der Waals surface area contributed by atoms with Gasteiger partial charge in [0.2, 0.25) is 0 Å². The summed E-state index contributed by atoms with van der Waals surface area (Å²) in [5.41, 5.74) is 1.58. The Morgan fingerprint density at radius 2 is 1.49 bits per heavy atom. The number of carboxylic acid groups (broad SMARTS) is 1. The average molecular weight is 694 g/mol. The van der Waals surface area contributed by atoms with Crippen LogP contribution in [0.3, 0.4) is 0 Å². The van der Waals surface area contributed by atoms with Gasteiger partial charge in [-0.3, -0.25) is 14.2 Å². The number of hydrogen-bond donors (Lipinski definition) is 2. The predicted molar refractivity (Wildman–Crippen MR) is 178 cm³/mol. The second-order valence-corrected chi connectivity index (χ2v) is 14.9. The number of fused-ring (bicyclic) bond motifs is 2. The van der Waals surface area contributed by atoms with Crippen LogP contribution in [-0.4, -0.2) is 113 Å². The van der Waals surface area contributed by atoms with Crippen molar-refractivity contribution in [3.8, 4) is 0 Å². The fourth-order valence-electron chi connectivity index (χ4n) is 6.41. The molecule has 15 heteroatoms. The second-order valence-electron chi connectivity index (χ2n) is 13.9. The Labute approximate surface area is 283 Å². The Balaban J connectivity index is 0.000000554. The maximum atomic E-state index is 12.4. The molecule has 4 amide bonds. The van der Waals surface area contributed by atoms with E-state index in [1.165, 1.54) is 86.9 Å². The van der Waals surface area contributed by atoms with Gasteiger partial charge in [0.15, 0.2) is 0 Å². The Hall–Kier alpha value is -2.20. The van der Waals surface area contributed by atoms with Crippen molar-refractivity contribution < 1.29 is 46.1 Å². The Morgan fingerprint density at radius 3 is 1.89 bits per heavy atom. The number of piperidine rings is 1. The van der Waals surface area contributed by atoms with Crippen LogP contribution in [0.4, 0.5) is 9.59 Å². The van der Waals surface area contributed by atoms with Crippen LogP contribution in [0.5, 0.6) is 0 Å². The Bertz CT molecular complexity index is 1030. The van der Waals surface area contributed by atoms with Crippen LogP contribution in [-0.2, 0) is 24.3 Å². The zero-order chi connectivity index (χ0) is 35.8. The lowest BCUT2D eigenvalue weighted by Gasteiger charge is -2.42. The Morgan fingerprint density at radius 1 is 1.00 bits per heavy atom. The molecule has 0 aromatic heterocycles. The van der Waals surface area contributed by atoms with Crippen LogP contribution in [0.25, 0.3) is 0 Å². The molecule has 47 heavy (non-hydrogen) atoms. The first kappa shape index (κ1) is 42.8. The maximum Gasteiger partial charge on any atom is 0.418 e. The van der Waals surface area contributed by atoms with Gasteiger partial charge in [0, 0.05) is 18.1 Å². The third-order valence-electron chi connectivity index (χ3n) is 8.91. The van der Waals surface area contributed by atoms with E-state index in [2.05, 4.69) is 37.5 Å². The highest BCUT2D eigenvalue weighted by molar-refractivity contribution is 7.80. The van der Waals surface area contributed by atoms with Crippen LogP contribution in [0.2, 0.25) is 0 Å². The van der Waals surface area contributed by atoms with Crippen molar-refractivity contribution in [3.05, 3.63) is 0 Å². The van der Waals surface area contributed by atoms with Gasteiger partial charge < -0.3 is 24.2 Å². The van der Waals surface area contributed by atoms with Gasteiger partial charge in [0.05, 0.1) is 38.8 Å². The molecule has 276 valence electrons. The minimum absolute atomic E-state index is 0.0219. The third kappa shape index (κ3) is 14.4. The van der Waals surface area contributed by atoms with Gasteiger partial charge in [-0.1, -0.05) is 53.4 Å². The molecule has 0 aromatic carbocycles. The first-order valence-corrected chi connectivity index (χ1v) is 18.9. The largest absolute Gasteiger partial charge is 0.530 e.